The number of carbonyl (C=O) groups is 4. The van der Waals surface area contributed by atoms with Gasteiger partial charge in [-0.25, -0.2) is 4.98 Å². The molecular weight excluding hydrogens is 430 g/mol. The van der Waals surface area contributed by atoms with Crippen LogP contribution in [-0.4, -0.2) is 46.2 Å². The first-order valence-electron chi connectivity index (χ1n) is 9.00. The summed E-state index contributed by atoms with van der Waals surface area (Å²) in [4.78, 5) is 50.7. The number of thiazole rings is 1. The second kappa shape index (κ2) is 11.9. The summed E-state index contributed by atoms with van der Waals surface area (Å²) in [6.07, 6.45) is -0.253. The second-order valence-corrected chi connectivity index (χ2v) is 7.84. The molecule has 0 bridgehead atoms. The van der Waals surface area contributed by atoms with Crippen LogP contribution in [0.3, 0.4) is 0 Å². The Morgan fingerprint density at radius 3 is 2.50 bits per heavy atom. The zero-order chi connectivity index (χ0) is 21.9. The Kier molecular flexibility index (Phi) is 9.29. The van der Waals surface area contributed by atoms with Gasteiger partial charge in [-0.1, -0.05) is 0 Å². The molecule has 2 aromatic rings. The molecule has 2 rings (SSSR count). The topological polar surface area (TPSA) is 135 Å². The van der Waals surface area contributed by atoms with Crippen LogP contribution in [0.5, 0.6) is 0 Å². The molecule has 160 valence electrons. The van der Waals surface area contributed by atoms with Crippen molar-refractivity contribution in [3.63, 3.8) is 0 Å². The van der Waals surface area contributed by atoms with E-state index >= 15 is 0 Å². The summed E-state index contributed by atoms with van der Waals surface area (Å²) >= 11 is 2.55. The Hall–Kier alpha value is -2.92. The number of hydrogen-bond donors (Lipinski definition) is 3. The van der Waals surface area contributed by atoms with Crippen molar-refractivity contribution in [2.45, 2.75) is 31.1 Å². The van der Waals surface area contributed by atoms with Crippen LogP contribution in [0.2, 0.25) is 0 Å². The predicted molar refractivity (Wildman–Crippen MR) is 114 cm³/mol. The van der Waals surface area contributed by atoms with Crippen LogP contribution in [0.25, 0.3) is 0 Å². The molecule has 0 atom stereocenters. The van der Waals surface area contributed by atoms with Gasteiger partial charge >= 0.3 is 11.9 Å². The quantitative estimate of drug-likeness (QED) is 0.351. The van der Waals surface area contributed by atoms with E-state index in [1.165, 1.54) is 23.1 Å². The molecule has 1 aromatic heterocycles. The van der Waals surface area contributed by atoms with Crippen molar-refractivity contribution in [3.8, 4) is 0 Å². The highest BCUT2D eigenvalue weighted by atomic mass is 32.2. The maximum absolute atomic E-state index is 12.1. The maximum atomic E-state index is 12.1. The Labute approximate surface area is 181 Å². The maximum Gasteiger partial charge on any atom is 0.311 e. The van der Waals surface area contributed by atoms with Crippen molar-refractivity contribution in [3.05, 3.63) is 35.3 Å². The number of thioether (sulfide) groups is 1. The summed E-state index contributed by atoms with van der Waals surface area (Å²) < 4.78 is 4.86. The molecule has 30 heavy (non-hydrogen) atoms. The summed E-state index contributed by atoms with van der Waals surface area (Å²) in [6.45, 7) is 2.04. The SMILES string of the molecule is CCOC(=O)Cc1csc(NC(=O)CSc2ccc(NC(=O)CCC(=O)O)cc2)n1. The van der Waals surface area contributed by atoms with Crippen molar-refractivity contribution in [2.24, 2.45) is 0 Å². The molecule has 0 saturated carbocycles. The number of ether oxygens (including phenoxy) is 1. The highest BCUT2D eigenvalue weighted by Crippen LogP contribution is 2.22. The average Bonchev–Trinajstić information content (AvgIpc) is 3.12. The second-order valence-electron chi connectivity index (χ2n) is 5.93. The van der Waals surface area contributed by atoms with Crippen molar-refractivity contribution in [1.82, 2.24) is 4.98 Å². The smallest absolute Gasteiger partial charge is 0.311 e. The monoisotopic (exact) mass is 451 g/mol. The van der Waals surface area contributed by atoms with E-state index in [4.69, 9.17) is 9.84 Å². The average molecular weight is 452 g/mol. The summed E-state index contributed by atoms with van der Waals surface area (Å²) in [5.74, 6) is -1.83. The minimum atomic E-state index is -1.02. The minimum Gasteiger partial charge on any atom is -0.481 e. The lowest BCUT2D eigenvalue weighted by molar-refractivity contribution is -0.142. The van der Waals surface area contributed by atoms with Gasteiger partial charge in [0.1, 0.15) is 0 Å². The number of benzene rings is 1. The zero-order valence-electron chi connectivity index (χ0n) is 16.2. The van der Waals surface area contributed by atoms with Crippen LogP contribution in [0.4, 0.5) is 10.8 Å². The van der Waals surface area contributed by atoms with Crippen molar-refractivity contribution < 1.29 is 29.0 Å². The fraction of sp³-hybridized carbons (Fsp3) is 0.316. The molecule has 3 N–H and O–H groups in total. The number of aliphatic carboxylic acids is 1. The number of anilines is 2. The third-order valence-corrected chi connectivity index (χ3v) is 5.32. The van der Waals surface area contributed by atoms with Gasteiger partial charge in [0.05, 0.1) is 30.9 Å². The molecule has 0 radical (unpaired) electrons. The molecule has 1 aromatic carbocycles. The summed E-state index contributed by atoms with van der Waals surface area (Å²) in [7, 11) is 0. The van der Waals surface area contributed by atoms with E-state index < -0.39 is 5.97 Å². The van der Waals surface area contributed by atoms with Crippen LogP contribution in [0.15, 0.2) is 34.5 Å². The predicted octanol–water partition coefficient (Wildman–Crippen LogP) is 2.78. The lowest BCUT2D eigenvalue weighted by Crippen LogP contribution is -2.14. The van der Waals surface area contributed by atoms with Crippen molar-refractivity contribution in [1.29, 1.82) is 0 Å². The van der Waals surface area contributed by atoms with Gasteiger partial charge < -0.3 is 20.5 Å². The molecule has 9 nitrogen and oxygen atoms in total. The number of nitrogens with zero attached hydrogens (tertiary/aromatic N) is 1. The Morgan fingerprint density at radius 2 is 1.83 bits per heavy atom. The van der Waals surface area contributed by atoms with Crippen molar-refractivity contribution >= 4 is 57.7 Å². The van der Waals surface area contributed by atoms with E-state index in [1.807, 2.05) is 0 Å². The number of carboxylic acids is 1. The van der Waals surface area contributed by atoms with Crippen LogP contribution >= 0.6 is 23.1 Å². The Bertz CT molecular complexity index is 898. The summed E-state index contributed by atoms with van der Waals surface area (Å²) in [5, 5.41) is 16.0. The molecule has 0 fully saturated rings. The number of rotatable bonds is 11. The number of aromatic nitrogens is 1. The number of carbonyl (C=O) groups excluding carboxylic acids is 3. The summed E-state index contributed by atoms with van der Waals surface area (Å²) in [5.41, 5.74) is 1.10. The van der Waals surface area contributed by atoms with Crippen LogP contribution < -0.4 is 10.6 Å². The van der Waals surface area contributed by atoms with Gasteiger partial charge in [-0.2, -0.15) is 0 Å². The third-order valence-electron chi connectivity index (χ3n) is 3.50. The van der Waals surface area contributed by atoms with E-state index in [0.29, 0.717) is 23.1 Å². The van der Waals surface area contributed by atoms with Gasteiger partial charge in [0.25, 0.3) is 0 Å². The first kappa shape index (κ1) is 23.4. The van der Waals surface area contributed by atoms with E-state index in [9.17, 15) is 19.2 Å². The molecule has 0 spiro atoms. The summed E-state index contributed by atoms with van der Waals surface area (Å²) in [6, 6.07) is 6.87. The van der Waals surface area contributed by atoms with Gasteiger partial charge in [-0.15, -0.1) is 23.1 Å². The van der Waals surface area contributed by atoms with Gasteiger partial charge in [0, 0.05) is 22.4 Å². The zero-order valence-corrected chi connectivity index (χ0v) is 17.8. The molecule has 1 heterocycles. The number of carboxylic acid groups (broad SMARTS) is 1. The van der Waals surface area contributed by atoms with Crippen LogP contribution in [0, 0.1) is 0 Å². The van der Waals surface area contributed by atoms with E-state index in [2.05, 4.69) is 15.6 Å². The molecule has 0 saturated heterocycles. The van der Waals surface area contributed by atoms with E-state index in [-0.39, 0.29) is 42.8 Å². The molecule has 11 heteroatoms. The Balaban J connectivity index is 1.75. The van der Waals surface area contributed by atoms with Gasteiger partial charge in [0.2, 0.25) is 11.8 Å². The lowest BCUT2D eigenvalue weighted by atomic mass is 10.2. The van der Waals surface area contributed by atoms with E-state index in [1.54, 1.807) is 36.6 Å². The first-order chi connectivity index (χ1) is 14.4. The molecule has 2 amide bonds. The van der Waals surface area contributed by atoms with Gasteiger partial charge in [-0.3, -0.25) is 19.2 Å². The minimum absolute atomic E-state index is 0.0636. The van der Waals surface area contributed by atoms with Gasteiger partial charge in [-0.05, 0) is 31.2 Å². The number of nitrogens with one attached hydrogen (secondary N) is 2. The van der Waals surface area contributed by atoms with Crippen LogP contribution in [0.1, 0.15) is 25.5 Å². The standard InChI is InChI=1S/C19H21N3O6S2/c1-2-28-18(27)9-13-10-30-19(21-13)22-16(24)11-29-14-5-3-12(4-6-14)20-15(23)7-8-17(25)26/h3-6,10H,2,7-9,11H2,1H3,(H,20,23)(H,25,26)(H,21,22,24). The largest absolute Gasteiger partial charge is 0.481 e. The molecule has 0 aliphatic heterocycles. The van der Waals surface area contributed by atoms with E-state index in [0.717, 1.165) is 4.90 Å². The number of hydrogen-bond acceptors (Lipinski definition) is 8. The van der Waals surface area contributed by atoms with Crippen molar-refractivity contribution in [2.75, 3.05) is 23.0 Å². The van der Waals surface area contributed by atoms with Gasteiger partial charge in [0.15, 0.2) is 5.13 Å². The number of esters is 1. The first-order valence-corrected chi connectivity index (χ1v) is 10.9. The normalized spacial score (nSPS) is 10.3. The lowest BCUT2D eigenvalue weighted by Gasteiger charge is -2.06. The molecular formula is C19H21N3O6S2. The molecule has 0 unspecified atom stereocenters. The Morgan fingerprint density at radius 1 is 1.10 bits per heavy atom. The number of amides is 2. The fourth-order valence-corrected chi connectivity index (χ4v) is 3.61. The highest BCUT2D eigenvalue weighted by molar-refractivity contribution is 8.00. The highest BCUT2D eigenvalue weighted by Gasteiger charge is 2.11. The fourth-order valence-electron chi connectivity index (χ4n) is 2.19. The third kappa shape index (κ3) is 8.62. The molecule has 0 aliphatic rings. The van der Waals surface area contributed by atoms with Crippen LogP contribution in [-0.2, 0) is 30.3 Å². The molecule has 0 aliphatic carbocycles.